The molecule has 4 nitrogen and oxygen atoms in total. The topological polar surface area (TPSA) is 67.1 Å². The number of carbonyl (C=O) groups is 1. The Kier molecular flexibility index (Phi) is 6.10. The minimum absolute atomic E-state index is 0.0970. The summed E-state index contributed by atoms with van der Waals surface area (Å²) < 4.78 is 0. The first kappa shape index (κ1) is 13.5. The number of anilines is 1. The Hall–Kier alpha value is -1.55. The normalized spacial score (nSPS) is 10.2. The number of aryl methyl sites for hydroxylation is 1. The van der Waals surface area contributed by atoms with E-state index < -0.39 is 0 Å². The van der Waals surface area contributed by atoms with Crippen LogP contribution in [0.2, 0.25) is 0 Å². The molecule has 0 bridgehead atoms. The van der Waals surface area contributed by atoms with Crippen LogP contribution in [0.1, 0.15) is 18.9 Å². The summed E-state index contributed by atoms with van der Waals surface area (Å²) in [5.41, 5.74) is 7.48. The first-order valence-electron chi connectivity index (χ1n) is 6.04. The fraction of sp³-hybridized carbons (Fsp3) is 0.462. The van der Waals surface area contributed by atoms with E-state index in [4.69, 9.17) is 5.73 Å². The second-order valence-electron chi connectivity index (χ2n) is 3.95. The molecule has 94 valence electrons. The van der Waals surface area contributed by atoms with Crippen molar-refractivity contribution in [2.45, 2.75) is 19.8 Å². The molecule has 0 aliphatic heterocycles. The predicted molar refractivity (Wildman–Crippen MR) is 70.7 cm³/mol. The van der Waals surface area contributed by atoms with E-state index in [0.717, 1.165) is 30.8 Å². The van der Waals surface area contributed by atoms with Gasteiger partial charge in [0.2, 0.25) is 5.91 Å². The first-order chi connectivity index (χ1) is 8.22. The summed E-state index contributed by atoms with van der Waals surface area (Å²) in [6.45, 7) is 4.49. The van der Waals surface area contributed by atoms with E-state index >= 15 is 0 Å². The zero-order chi connectivity index (χ0) is 12.5. The highest BCUT2D eigenvalue weighted by molar-refractivity contribution is 5.76. The maximum absolute atomic E-state index is 11.5. The lowest BCUT2D eigenvalue weighted by atomic mass is 10.1. The molecule has 1 aromatic rings. The van der Waals surface area contributed by atoms with Gasteiger partial charge in [0.15, 0.2) is 0 Å². The van der Waals surface area contributed by atoms with Crippen LogP contribution in [0.4, 0.5) is 5.69 Å². The van der Waals surface area contributed by atoms with Gasteiger partial charge >= 0.3 is 0 Å². The summed E-state index contributed by atoms with van der Waals surface area (Å²) in [4.78, 5) is 11.5. The Labute approximate surface area is 103 Å². The number of likely N-dealkylation sites (N-methyl/N-ethyl adjacent to an activating group) is 1. The van der Waals surface area contributed by atoms with Crippen LogP contribution in [0.5, 0.6) is 0 Å². The molecule has 0 radical (unpaired) electrons. The molecular weight excluding hydrogens is 214 g/mol. The average Bonchev–Trinajstić information content (AvgIpc) is 2.34. The molecule has 0 heterocycles. The van der Waals surface area contributed by atoms with E-state index in [0.29, 0.717) is 13.0 Å². The van der Waals surface area contributed by atoms with Crippen LogP contribution in [-0.4, -0.2) is 25.5 Å². The van der Waals surface area contributed by atoms with Crippen LogP contribution in [0.3, 0.4) is 0 Å². The van der Waals surface area contributed by atoms with Crippen molar-refractivity contribution >= 4 is 11.6 Å². The fourth-order valence-corrected chi connectivity index (χ4v) is 1.50. The molecule has 1 rings (SSSR count). The number of rotatable bonds is 7. The van der Waals surface area contributed by atoms with Crippen molar-refractivity contribution in [3.8, 4) is 0 Å². The third kappa shape index (κ3) is 5.92. The molecule has 0 atom stereocenters. The standard InChI is InChI=1S/C13H21N3O/c1-2-15-9-10-16-13(17)8-5-11-3-6-12(14)7-4-11/h3-4,6-7,15H,2,5,8-10,14H2,1H3,(H,16,17). The van der Waals surface area contributed by atoms with Gasteiger partial charge in [0.05, 0.1) is 0 Å². The quantitative estimate of drug-likeness (QED) is 0.486. The molecule has 1 aromatic carbocycles. The van der Waals surface area contributed by atoms with E-state index in [1.165, 1.54) is 0 Å². The number of amides is 1. The van der Waals surface area contributed by atoms with Gasteiger partial charge in [-0.05, 0) is 30.7 Å². The average molecular weight is 235 g/mol. The number of hydrogen-bond donors (Lipinski definition) is 3. The van der Waals surface area contributed by atoms with Crippen molar-refractivity contribution in [1.82, 2.24) is 10.6 Å². The molecule has 4 heteroatoms. The van der Waals surface area contributed by atoms with Gasteiger partial charge in [-0.3, -0.25) is 4.79 Å². The Morgan fingerprint density at radius 3 is 2.59 bits per heavy atom. The smallest absolute Gasteiger partial charge is 0.220 e. The molecule has 0 spiro atoms. The van der Waals surface area contributed by atoms with E-state index in [9.17, 15) is 4.79 Å². The van der Waals surface area contributed by atoms with Gasteiger partial charge in [-0.1, -0.05) is 19.1 Å². The van der Waals surface area contributed by atoms with Gasteiger partial charge in [-0.15, -0.1) is 0 Å². The van der Waals surface area contributed by atoms with Crippen LogP contribution in [0.15, 0.2) is 24.3 Å². The highest BCUT2D eigenvalue weighted by Gasteiger charge is 2.01. The van der Waals surface area contributed by atoms with Gasteiger partial charge in [0.1, 0.15) is 0 Å². The van der Waals surface area contributed by atoms with Crippen LogP contribution in [-0.2, 0) is 11.2 Å². The van der Waals surface area contributed by atoms with Crippen molar-refractivity contribution < 1.29 is 4.79 Å². The Balaban J connectivity index is 2.17. The lowest BCUT2D eigenvalue weighted by Gasteiger charge is -2.05. The SMILES string of the molecule is CCNCCNC(=O)CCc1ccc(N)cc1. The number of nitrogen functional groups attached to an aromatic ring is 1. The van der Waals surface area contributed by atoms with E-state index in [1.54, 1.807) is 0 Å². The van der Waals surface area contributed by atoms with E-state index in [1.807, 2.05) is 31.2 Å². The minimum Gasteiger partial charge on any atom is -0.399 e. The van der Waals surface area contributed by atoms with Crippen molar-refractivity contribution in [2.24, 2.45) is 0 Å². The number of hydrogen-bond acceptors (Lipinski definition) is 3. The summed E-state index contributed by atoms with van der Waals surface area (Å²) in [5, 5.41) is 6.03. The van der Waals surface area contributed by atoms with Crippen molar-refractivity contribution in [3.05, 3.63) is 29.8 Å². The summed E-state index contributed by atoms with van der Waals surface area (Å²) in [6.07, 6.45) is 1.28. The molecule has 0 aliphatic rings. The van der Waals surface area contributed by atoms with Gasteiger partial charge in [-0.2, -0.15) is 0 Å². The monoisotopic (exact) mass is 235 g/mol. The molecule has 0 unspecified atom stereocenters. The van der Waals surface area contributed by atoms with Gasteiger partial charge in [0.25, 0.3) is 0 Å². The Morgan fingerprint density at radius 2 is 1.94 bits per heavy atom. The highest BCUT2D eigenvalue weighted by atomic mass is 16.1. The van der Waals surface area contributed by atoms with Crippen molar-refractivity contribution in [1.29, 1.82) is 0 Å². The highest BCUT2D eigenvalue weighted by Crippen LogP contribution is 2.07. The van der Waals surface area contributed by atoms with E-state index in [2.05, 4.69) is 10.6 Å². The molecule has 4 N–H and O–H groups in total. The summed E-state index contributed by atoms with van der Waals surface area (Å²) in [5.74, 6) is 0.0970. The van der Waals surface area contributed by atoms with Crippen molar-refractivity contribution in [3.63, 3.8) is 0 Å². The molecule has 0 fully saturated rings. The van der Waals surface area contributed by atoms with Gasteiger partial charge < -0.3 is 16.4 Å². The second kappa shape index (κ2) is 7.68. The van der Waals surface area contributed by atoms with Crippen LogP contribution in [0, 0.1) is 0 Å². The molecule has 1 amide bonds. The zero-order valence-corrected chi connectivity index (χ0v) is 10.3. The number of carbonyl (C=O) groups excluding carboxylic acids is 1. The number of benzene rings is 1. The number of nitrogens with two attached hydrogens (primary N) is 1. The molecular formula is C13H21N3O. The molecule has 17 heavy (non-hydrogen) atoms. The summed E-state index contributed by atoms with van der Waals surface area (Å²) in [6, 6.07) is 7.64. The van der Waals surface area contributed by atoms with Crippen molar-refractivity contribution in [2.75, 3.05) is 25.4 Å². The first-order valence-corrected chi connectivity index (χ1v) is 6.04. The fourth-order valence-electron chi connectivity index (χ4n) is 1.50. The molecule has 0 saturated heterocycles. The maximum atomic E-state index is 11.5. The van der Waals surface area contributed by atoms with Crippen LogP contribution >= 0.6 is 0 Å². The molecule has 0 aromatic heterocycles. The van der Waals surface area contributed by atoms with Crippen LogP contribution in [0.25, 0.3) is 0 Å². The molecule has 0 saturated carbocycles. The lowest BCUT2D eigenvalue weighted by Crippen LogP contribution is -2.31. The summed E-state index contributed by atoms with van der Waals surface area (Å²) in [7, 11) is 0. The largest absolute Gasteiger partial charge is 0.399 e. The Morgan fingerprint density at radius 1 is 1.24 bits per heavy atom. The zero-order valence-electron chi connectivity index (χ0n) is 10.3. The second-order valence-corrected chi connectivity index (χ2v) is 3.95. The van der Waals surface area contributed by atoms with Crippen LogP contribution < -0.4 is 16.4 Å². The third-order valence-corrected chi connectivity index (χ3v) is 2.49. The number of nitrogens with one attached hydrogen (secondary N) is 2. The van der Waals surface area contributed by atoms with Gasteiger partial charge in [0, 0.05) is 25.2 Å². The van der Waals surface area contributed by atoms with E-state index in [-0.39, 0.29) is 5.91 Å². The predicted octanol–water partition coefficient (Wildman–Crippen LogP) is 0.927. The Bertz CT molecular complexity index is 335. The lowest BCUT2D eigenvalue weighted by molar-refractivity contribution is -0.121. The molecule has 0 aliphatic carbocycles. The maximum Gasteiger partial charge on any atom is 0.220 e. The van der Waals surface area contributed by atoms with Gasteiger partial charge in [-0.25, -0.2) is 0 Å². The minimum atomic E-state index is 0.0970. The third-order valence-electron chi connectivity index (χ3n) is 2.49. The summed E-state index contributed by atoms with van der Waals surface area (Å²) >= 11 is 0.